The van der Waals surface area contributed by atoms with Gasteiger partial charge in [-0.2, -0.15) is 0 Å². The summed E-state index contributed by atoms with van der Waals surface area (Å²) in [6, 6.07) is 0. The van der Waals surface area contributed by atoms with E-state index in [2.05, 4.69) is 20.8 Å². The molecule has 0 saturated heterocycles. The van der Waals surface area contributed by atoms with Crippen molar-refractivity contribution < 1.29 is 14.6 Å². The molecule has 1 rings (SSSR count). The Kier molecular flexibility index (Phi) is 5.58. The maximum atomic E-state index is 11.5. The van der Waals surface area contributed by atoms with Crippen molar-refractivity contribution in [3.63, 3.8) is 0 Å². The van der Waals surface area contributed by atoms with Crippen LogP contribution in [0.1, 0.15) is 60.3 Å². The molecule has 0 amide bonds. The third-order valence-electron chi connectivity index (χ3n) is 3.96. The number of carbonyl (C=O) groups excluding carboxylic acids is 1. The Balaban J connectivity index is 2.82. The van der Waals surface area contributed by atoms with Crippen molar-refractivity contribution in [3.8, 4) is 0 Å². The highest BCUT2D eigenvalue weighted by Crippen LogP contribution is 2.41. The van der Waals surface area contributed by atoms with Gasteiger partial charge in [-0.25, -0.2) is 0 Å². The van der Waals surface area contributed by atoms with E-state index in [0.29, 0.717) is 6.61 Å². The Morgan fingerprint density at radius 2 is 2.15 bits per heavy atom. The smallest absolute Gasteiger partial charge is 0.309 e. The lowest BCUT2D eigenvalue weighted by Gasteiger charge is -2.33. The predicted octanol–water partition coefficient (Wildman–Crippen LogP) is 3.77. The quantitative estimate of drug-likeness (QED) is 0.780. The second-order valence-corrected chi connectivity index (χ2v) is 6.60. The Morgan fingerprint density at radius 1 is 1.50 bits per heavy atom. The molecule has 0 aromatic heterocycles. The van der Waals surface area contributed by atoms with Crippen LogP contribution in [-0.4, -0.2) is 23.3 Å². The lowest BCUT2D eigenvalue weighted by molar-refractivity contribution is -0.146. The summed E-state index contributed by atoms with van der Waals surface area (Å²) in [5.74, 6) is -0.365. The third kappa shape index (κ3) is 4.78. The van der Waals surface area contributed by atoms with E-state index in [0.717, 1.165) is 12.8 Å². The van der Waals surface area contributed by atoms with Gasteiger partial charge in [0.2, 0.25) is 0 Å². The SMILES string of the molecule is CCOC(=O)CC(C)(O)/C=C/C1=C(C)CCCC1(C)C. The summed E-state index contributed by atoms with van der Waals surface area (Å²) < 4.78 is 4.89. The first-order valence-corrected chi connectivity index (χ1v) is 7.45. The molecule has 1 N–H and O–H groups in total. The summed E-state index contributed by atoms with van der Waals surface area (Å²) in [6.07, 6.45) is 7.20. The number of aliphatic hydroxyl groups is 1. The summed E-state index contributed by atoms with van der Waals surface area (Å²) >= 11 is 0. The van der Waals surface area contributed by atoms with Gasteiger partial charge in [0.15, 0.2) is 0 Å². The molecule has 0 heterocycles. The zero-order chi connectivity index (χ0) is 15.4. The van der Waals surface area contributed by atoms with Crippen LogP contribution in [0.2, 0.25) is 0 Å². The minimum absolute atomic E-state index is 0.00983. The standard InChI is InChI=1S/C17H28O3/c1-6-20-15(18)12-17(5,19)11-9-14-13(2)8-7-10-16(14,3)4/h9,11,19H,6-8,10,12H2,1-5H3/b11-9+. The molecule has 0 saturated carbocycles. The summed E-state index contributed by atoms with van der Waals surface area (Å²) in [5.41, 5.74) is 1.64. The summed E-state index contributed by atoms with van der Waals surface area (Å²) in [5, 5.41) is 10.3. The van der Waals surface area contributed by atoms with Crippen molar-refractivity contribution in [2.45, 2.75) is 65.9 Å². The number of carbonyl (C=O) groups is 1. The lowest BCUT2D eigenvalue weighted by Crippen LogP contribution is -2.27. The first-order valence-electron chi connectivity index (χ1n) is 7.45. The van der Waals surface area contributed by atoms with Crippen molar-refractivity contribution in [1.82, 2.24) is 0 Å². The summed E-state index contributed by atoms with van der Waals surface area (Å²) in [7, 11) is 0. The van der Waals surface area contributed by atoms with Crippen LogP contribution < -0.4 is 0 Å². The van der Waals surface area contributed by atoms with Gasteiger partial charge in [0.25, 0.3) is 0 Å². The number of hydrogen-bond acceptors (Lipinski definition) is 3. The van der Waals surface area contributed by atoms with Crippen molar-refractivity contribution >= 4 is 5.97 Å². The first-order chi connectivity index (χ1) is 9.18. The molecule has 1 unspecified atom stereocenters. The number of esters is 1. The zero-order valence-electron chi connectivity index (χ0n) is 13.5. The van der Waals surface area contributed by atoms with Crippen molar-refractivity contribution in [3.05, 3.63) is 23.3 Å². The van der Waals surface area contributed by atoms with E-state index >= 15 is 0 Å². The number of hydrogen-bond donors (Lipinski definition) is 1. The highest BCUT2D eigenvalue weighted by molar-refractivity contribution is 5.71. The maximum absolute atomic E-state index is 11.5. The van der Waals surface area contributed by atoms with Gasteiger partial charge in [0.05, 0.1) is 18.6 Å². The number of ether oxygens (including phenoxy) is 1. The largest absolute Gasteiger partial charge is 0.466 e. The molecular weight excluding hydrogens is 252 g/mol. The Hall–Kier alpha value is -1.09. The van der Waals surface area contributed by atoms with Crippen molar-refractivity contribution in [1.29, 1.82) is 0 Å². The van der Waals surface area contributed by atoms with E-state index in [1.54, 1.807) is 19.9 Å². The molecular formula is C17H28O3. The molecule has 0 aliphatic heterocycles. The van der Waals surface area contributed by atoms with Gasteiger partial charge in [-0.15, -0.1) is 0 Å². The molecule has 3 nitrogen and oxygen atoms in total. The van der Waals surface area contributed by atoms with Crippen LogP contribution in [0.15, 0.2) is 23.3 Å². The Bertz CT molecular complexity index is 414. The molecule has 1 atom stereocenters. The van der Waals surface area contributed by atoms with Gasteiger partial charge < -0.3 is 9.84 Å². The van der Waals surface area contributed by atoms with Gasteiger partial charge in [0, 0.05) is 0 Å². The number of rotatable bonds is 5. The molecule has 1 aliphatic rings. The third-order valence-corrected chi connectivity index (χ3v) is 3.96. The van der Waals surface area contributed by atoms with Gasteiger partial charge >= 0.3 is 5.97 Å². The molecule has 0 aromatic rings. The lowest BCUT2D eigenvalue weighted by atomic mass is 9.72. The van der Waals surface area contributed by atoms with Crippen molar-refractivity contribution in [2.75, 3.05) is 6.61 Å². The van der Waals surface area contributed by atoms with E-state index in [1.165, 1.54) is 17.6 Å². The van der Waals surface area contributed by atoms with Crippen molar-refractivity contribution in [2.24, 2.45) is 5.41 Å². The average Bonchev–Trinajstić information content (AvgIpc) is 2.26. The van der Waals surface area contributed by atoms with Gasteiger partial charge in [-0.05, 0) is 51.0 Å². The molecule has 114 valence electrons. The summed E-state index contributed by atoms with van der Waals surface area (Å²) in [6.45, 7) is 10.4. The molecule has 0 fully saturated rings. The van der Waals surface area contributed by atoms with Crippen LogP contribution >= 0.6 is 0 Å². The second kappa shape index (κ2) is 6.57. The topological polar surface area (TPSA) is 46.5 Å². The van der Waals surface area contributed by atoms with E-state index in [-0.39, 0.29) is 17.8 Å². The molecule has 0 spiro atoms. The first kappa shape index (κ1) is 17.0. The molecule has 1 aliphatic carbocycles. The Morgan fingerprint density at radius 3 is 2.70 bits per heavy atom. The van der Waals surface area contributed by atoms with Crippen LogP contribution in [0.4, 0.5) is 0 Å². The molecule has 20 heavy (non-hydrogen) atoms. The van der Waals surface area contributed by atoms with Crippen LogP contribution in [-0.2, 0) is 9.53 Å². The fourth-order valence-corrected chi connectivity index (χ4v) is 2.84. The fourth-order valence-electron chi connectivity index (χ4n) is 2.84. The highest BCUT2D eigenvalue weighted by atomic mass is 16.5. The van der Waals surface area contributed by atoms with Crippen LogP contribution in [0, 0.1) is 5.41 Å². The minimum atomic E-state index is -1.16. The minimum Gasteiger partial charge on any atom is -0.466 e. The fraction of sp³-hybridized carbons (Fsp3) is 0.706. The number of allylic oxidation sites excluding steroid dienone is 3. The van der Waals surface area contributed by atoms with Gasteiger partial charge in [-0.1, -0.05) is 31.6 Å². The molecule has 0 aromatic carbocycles. The van der Waals surface area contributed by atoms with E-state index in [9.17, 15) is 9.90 Å². The Labute approximate surface area is 122 Å². The van der Waals surface area contributed by atoms with Crippen LogP contribution in [0.5, 0.6) is 0 Å². The van der Waals surface area contributed by atoms with Crippen LogP contribution in [0.25, 0.3) is 0 Å². The van der Waals surface area contributed by atoms with E-state index in [1.807, 2.05) is 6.08 Å². The highest BCUT2D eigenvalue weighted by Gasteiger charge is 2.28. The monoisotopic (exact) mass is 280 g/mol. The summed E-state index contributed by atoms with van der Waals surface area (Å²) in [4.78, 5) is 11.5. The second-order valence-electron chi connectivity index (χ2n) is 6.60. The van der Waals surface area contributed by atoms with Gasteiger partial charge in [-0.3, -0.25) is 4.79 Å². The molecule has 3 heteroatoms. The normalized spacial score (nSPS) is 21.9. The molecule has 0 radical (unpaired) electrons. The van der Waals surface area contributed by atoms with E-state index in [4.69, 9.17) is 4.74 Å². The van der Waals surface area contributed by atoms with Gasteiger partial charge in [0.1, 0.15) is 0 Å². The molecule has 0 bridgehead atoms. The van der Waals surface area contributed by atoms with E-state index < -0.39 is 5.60 Å². The predicted molar refractivity (Wildman–Crippen MR) is 81.3 cm³/mol. The van der Waals surface area contributed by atoms with Crippen LogP contribution in [0.3, 0.4) is 0 Å². The maximum Gasteiger partial charge on any atom is 0.309 e. The zero-order valence-corrected chi connectivity index (χ0v) is 13.5. The average molecular weight is 280 g/mol.